The van der Waals surface area contributed by atoms with Gasteiger partial charge in [0.05, 0.1) is 17.7 Å². The maximum absolute atomic E-state index is 14.0. The minimum absolute atomic E-state index is 0.186. The van der Waals surface area contributed by atoms with Gasteiger partial charge in [0.25, 0.3) is 0 Å². The van der Waals surface area contributed by atoms with Gasteiger partial charge in [0.1, 0.15) is 17.0 Å². The number of rotatable bonds is 3. The maximum Gasteiger partial charge on any atom is 0.422 e. The molecule has 2 heterocycles. The first kappa shape index (κ1) is 18.9. The number of benzene rings is 2. The van der Waals surface area contributed by atoms with E-state index in [1.165, 1.54) is 11.3 Å². The second-order valence-electron chi connectivity index (χ2n) is 6.92. The normalized spacial score (nSPS) is 13.1. The Morgan fingerprint density at radius 3 is 2.60 bits per heavy atom. The summed E-state index contributed by atoms with van der Waals surface area (Å²) in [4.78, 5) is 5.36. The van der Waals surface area contributed by atoms with Crippen LogP contribution in [0.5, 0.6) is 5.75 Å². The molecule has 4 aromatic rings. The van der Waals surface area contributed by atoms with Crippen molar-refractivity contribution < 1.29 is 22.4 Å². The third kappa shape index (κ3) is 3.08. The summed E-state index contributed by atoms with van der Waals surface area (Å²) < 4.78 is 52.5. The topological polar surface area (TPSA) is 48.2 Å². The summed E-state index contributed by atoms with van der Waals surface area (Å²) in [6, 6.07) is 13.9. The third-order valence-electron chi connectivity index (χ3n) is 5.10. The second-order valence-corrected chi connectivity index (χ2v) is 7.92. The Morgan fingerprint density at radius 2 is 1.87 bits per heavy atom. The van der Waals surface area contributed by atoms with Crippen molar-refractivity contribution in [2.24, 2.45) is 0 Å². The van der Waals surface area contributed by atoms with E-state index in [2.05, 4.69) is 10.1 Å². The summed E-state index contributed by atoms with van der Waals surface area (Å²) in [5.41, 5.74) is 2.07. The van der Waals surface area contributed by atoms with E-state index in [1.54, 1.807) is 37.4 Å². The monoisotopic (exact) mass is 428 g/mol. The number of ether oxygens (including phenoxy) is 1. The molecule has 8 heteroatoms. The molecule has 0 unspecified atom stereocenters. The lowest BCUT2D eigenvalue weighted by molar-refractivity contribution is -0.136. The standard InChI is InChI=1S/C22H15F3N2O2S/c1-28-14-8-9-15-13(11-14)7-10-16-20(15)30-21(26-16)19-17(22(23,24)25)18(27-29-19)12-5-3-2-4-6-12/h2-6,8-9,11H,7,10H2,1H3. The molecule has 0 saturated heterocycles. The Hall–Kier alpha value is -3.13. The van der Waals surface area contributed by atoms with E-state index in [9.17, 15) is 13.2 Å². The molecular formula is C22H15F3N2O2S. The van der Waals surface area contributed by atoms with Gasteiger partial charge in [-0.1, -0.05) is 35.5 Å². The molecular weight excluding hydrogens is 413 g/mol. The predicted molar refractivity (Wildman–Crippen MR) is 107 cm³/mol. The average molecular weight is 428 g/mol. The van der Waals surface area contributed by atoms with Crippen LogP contribution in [-0.2, 0) is 19.0 Å². The smallest absolute Gasteiger partial charge is 0.422 e. The van der Waals surface area contributed by atoms with Crippen LogP contribution in [0, 0.1) is 0 Å². The summed E-state index contributed by atoms with van der Waals surface area (Å²) in [7, 11) is 1.60. The minimum Gasteiger partial charge on any atom is -0.497 e. The van der Waals surface area contributed by atoms with Crippen LogP contribution in [-0.4, -0.2) is 17.3 Å². The van der Waals surface area contributed by atoms with Crippen LogP contribution in [0.4, 0.5) is 13.2 Å². The molecule has 2 aromatic heterocycles. The molecule has 0 amide bonds. The van der Waals surface area contributed by atoms with Crippen LogP contribution in [0.3, 0.4) is 0 Å². The Morgan fingerprint density at radius 1 is 1.07 bits per heavy atom. The molecule has 30 heavy (non-hydrogen) atoms. The SMILES string of the molecule is COc1ccc2c(c1)CCc1nc(-c3onc(-c4ccccc4)c3C(F)(F)F)sc1-2. The van der Waals surface area contributed by atoms with Gasteiger partial charge in [0.15, 0.2) is 5.01 Å². The summed E-state index contributed by atoms with van der Waals surface area (Å²) >= 11 is 1.20. The quantitative estimate of drug-likeness (QED) is 0.387. The van der Waals surface area contributed by atoms with E-state index in [-0.39, 0.29) is 16.5 Å². The highest BCUT2D eigenvalue weighted by molar-refractivity contribution is 7.18. The summed E-state index contributed by atoms with van der Waals surface area (Å²) in [6.45, 7) is 0. The molecule has 4 nitrogen and oxygen atoms in total. The lowest BCUT2D eigenvalue weighted by atomic mass is 9.94. The number of hydrogen-bond donors (Lipinski definition) is 0. The zero-order valence-electron chi connectivity index (χ0n) is 15.8. The molecule has 0 saturated carbocycles. The molecule has 0 aliphatic heterocycles. The number of nitrogens with zero attached hydrogens (tertiary/aromatic N) is 2. The van der Waals surface area contributed by atoms with Crippen LogP contribution in [0.15, 0.2) is 53.1 Å². The van der Waals surface area contributed by atoms with E-state index in [0.29, 0.717) is 12.0 Å². The third-order valence-corrected chi connectivity index (χ3v) is 6.23. The molecule has 0 fully saturated rings. The number of hydrogen-bond acceptors (Lipinski definition) is 5. The molecule has 0 spiro atoms. The average Bonchev–Trinajstić information content (AvgIpc) is 3.38. The fourth-order valence-corrected chi connectivity index (χ4v) is 4.86. The number of methoxy groups -OCH3 is 1. The molecule has 2 aromatic carbocycles. The maximum atomic E-state index is 14.0. The lowest BCUT2D eigenvalue weighted by Gasteiger charge is -2.15. The van der Waals surface area contributed by atoms with E-state index in [4.69, 9.17) is 9.26 Å². The number of aromatic nitrogens is 2. The van der Waals surface area contributed by atoms with E-state index >= 15 is 0 Å². The molecule has 1 aliphatic rings. The molecule has 0 N–H and O–H groups in total. The van der Waals surface area contributed by atoms with Crippen molar-refractivity contribution in [3.05, 3.63) is 65.4 Å². The van der Waals surface area contributed by atoms with Crippen molar-refractivity contribution in [2.45, 2.75) is 19.0 Å². The first-order valence-corrected chi connectivity index (χ1v) is 10.1. The minimum atomic E-state index is -4.63. The summed E-state index contributed by atoms with van der Waals surface area (Å²) in [5.74, 6) is 0.417. The van der Waals surface area contributed by atoms with Crippen molar-refractivity contribution in [1.29, 1.82) is 0 Å². The van der Waals surface area contributed by atoms with Crippen LogP contribution >= 0.6 is 11.3 Å². The lowest BCUT2D eigenvalue weighted by Crippen LogP contribution is -2.07. The van der Waals surface area contributed by atoms with Crippen molar-refractivity contribution in [1.82, 2.24) is 10.1 Å². The van der Waals surface area contributed by atoms with Gasteiger partial charge in [-0.25, -0.2) is 4.98 Å². The fourth-order valence-electron chi connectivity index (χ4n) is 3.70. The van der Waals surface area contributed by atoms with Gasteiger partial charge in [-0.05, 0) is 42.2 Å². The van der Waals surface area contributed by atoms with Crippen molar-refractivity contribution in [3.63, 3.8) is 0 Å². The number of thiazole rings is 1. The highest BCUT2D eigenvalue weighted by atomic mass is 32.1. The molecule has 152 valence electrons. The second kappa shape index (κ2) is 6.98. The molecule has 0 radical (unpaired) electrons. The van der Waals surface area contributed by atoms with Crippen LogP contribution < -0.4 is 4.74 Å². The van der Waals surface area contributed by atoms with E-state index in [0.717, 1.165) is 33.9 Å². The Balaban J connectivity index is 1.65. The van der Waals surface area contributed by atoms with E-state index < -0.39 is 11.7 Å². The van der Waals surface area contributed by atoms with Crippen molar-refractivity contribution >= 4 is 11.3 Å². The molecule has 0 bridgehead atoms. The van der Waals surface area contributed by atoms with Gasteiger partial charge in [0.2, 0.25) is 5.76 Å². The van der Waals surface area contributed by atoms with Crippen LogP contribution in [0.2, 0.25) is 0 Å². The fraction of sp³-hybridized carbons (Fsp3) is 0.182. The van der Waals surface area contributed by atoms with Crippen LogP contribution in [0.25, 0.3) is 32.5 Å². The largest absolute Gasteiger partial charge is 0.497 e. The zero-order valence-corrected chi connectivity index (χ0v) is 16.6. The highest BCUT2D eigenvalue weighted by Crippen LogP contribution is 2.47. The highest BCUT2D eigenvalue weighted by Gasteiger charge is 2.42. The Labute approximate surface area is 173 Å². The Bertz CT molecular complexity index is 1230. The van der Waals surface area contributed by atoms with Crippen LogP contribution in [0.1, 0.15) is 16.8 Å². The van der Waals surface area contributed by atoms with Gasteiger partial charge in [-0.15, -0.1) is 11.3 Å². The Kier molecular flexibility index (Phi) is 4.39. The number of alkyl halides is 3. The zero-order chi connectivity index (χ0) is 20.9. The van der Waals surface area contributed by atoms with Gasteiger partial charge in [-0.3, -0.25) is 0 Å². The number of aryl methyl sites for hydroxylation is 2. The number of fused-ring (bicyclic) bond motifs is 3. The summed E-state index contributed by atoms with van der Waals surface area (Å²) in [5, 5.41) is 3.94. The molecule has 1 aliphatic carbocycles. The number of halogens is 3. The van der Waals surface area contributed by atoms with Gasteiger partial charge >= 0.3 is 6.18 Å². The first-order chi connectivity index (χ1) is 14.5. The van der Waals surface area contributed by atoms with Gasteiger partial charge in [0, 0.05) is 5.56 Å². The molecule has 0 atom stereocenters. The predicted octanol–water partition coefficient (Wildman–Crippen LogP) is 6.26. The molecule has 5 rings (SSSR count). The van der Waals surface area contributed by atoms with E-state index in [1.807, 2.05) is 18.2 Å². The summed E-state index contributed by atoms with van der Waals surface area (Å²) in [6.07, 6.45) is -3.23. The van der Waals surface area contributed by atoms with Gasteiger partial charge in [-0.2, -0.15) is 13.2 Å². The van der Waals surface area contributed by atoms with Crippen molar-refractivity contribution in [2.75, 3.05) is 7.11 Å². The van der Waals surface area contributed by atoms with Crippen molar-refractivity contribution in [3.8, 4) is 38.2 Å². The first-order valence-electron chi connectivity index (χ1n) is 9.25. The van der Waals surface area contributed by atoms with Gasteiger partial charge < -0.3 is 9.26 Å².